The van der Waals surface area contributed by atoms with Gasteiger partial charge >= 0.3 is 6.55 Å². The minimum atomic E-state index is -2.38. The van der Waals surface area contributed by atoms with Gasteiger partial charge in [-0.3, -0.25) is 14.5 Å². The highest BCUT2D eigenvalue weighted by Gasteiger charge is 2.54. The zero-order valence-corrected chi connectivity index (χ0v) is 17.4. The van der Waals surface area contributed by atoms with Crippen molar-refractivity contribution in [3.05, 3.63) is 48.7 Å². The maximum absolute atomic E-state index is 12.5. The van der Waals surface area contributed by atoms with Gasteiger partial charge in [0.05, 0.1) is 13.1 Å². The quantitative estimate of drug-likeness (QED) is 0.577. The molecule has 0 spiro atoms. The first-order valence-corrected chi connectivity index (χ1v) is 10.7. The third-order valence-corrected chi connectivity index (χ3v) is 7.24. The standard InChI is InChI=1S/C23H30BNO4/c1-23(2)19-10-9-18(20(23)13-19)14-25-15-21(26)28-24(3,29-22(27)16-25)12-11-17-7-5-4-6-8-17/h4-8,11-12,18-20H,3,9-10,13-16H2,1-2H3/b12-11+/t18?,19?,20-/m1/s1. The highest BCUT2D eigenvalue weighted by molar-refractivity contribution is 6.77. The van der Waals surface area contributed by atoms with Gasteiger partial charge in [0, 0.05) is 6.54 Å². The van der Waals surface area contributed by atoms with Crippen LogP contribution in [0.5, 0.6) is 0 Å². The fraction of sp³-hybridized carbons (Fsp3) is 0.522. The molecule has 2 unspecified atom stereocenters. The largest absolute Gasteiger partial charge is 0.612 e. The van der Waals surface area contributed by atoms with Crippen molar-refractivity contribution in [1.82, 2.24) is 4.90 Å². The molecule has 0 radical (unpaired) electrons. The minimum absolute atomic E-state index is 0.0976. The highest BCUT2D eigenvalue weighted by atomic mass is 16.7. The molecule has 1 aromatic carbocycles. The van der Waals surface area contributed by atoms with Gasteiger partial charge in [-0.25, -0.2) is 0 Å². The third kappa shape index (κ3) is 4.22. The van der Waals surface area contributed by atoms with Crippen molar-refractivity contribution < 1.29 is 18.9 Å². The number of hydrogen-bond donors (Lipinski definition) is 0. The molecule has 0 aromatic heterocycles. The average molecular weight is 395 g/mol. The van der Waals surface area contributed by atoms with Gasteiger partial charge < -0.3 is 9.31 Å². The molecule has 3 saturated carbocycles. The zero-order valence-electron chi connectivity index (χ0n) is 17.4. The molecule has 154 valence electrons. The molecular formula is C23H30BNO4. The van der Waals surface area contributed by atoms with Crippen LogP contribution in [0.1, 0.15) is 38.7 Å². The van der Waals surface area contributed by atoms with E-state index in [9.17, 15) is 9.59 Å². The summed E-state index contributed by atoms with van der Waals surface area (Å²) in [5, 5.41) is 0. The van der Waals surface area contributed by atoms with Crippen molar-refractivity contribution in [2.45, 2.75) is 33.1 Å². The van der Waals surface area contributed by atoms with Crippen LogP contribution >= 0.6 is 0 Å². The van der Waals surface area contributed by atoms with Gasteiger partial charge in [0.15, 0.2) is 0 Å². The van der Waals surface area contributed by atoms with Gasteiger partial charge in [0.25, 0.3) is 11.9 Å². The van der Waals surface area contributed by atoms with E-state index in [4.69, 9.17) is 9.31 Å². The molecule has 1 aromatic rings. The van der Waals surface area contributed by atoms with Crippen LogP contribution < -0.4 is 0 Å². The Balaban J connectivity index is 1.40. The lowest BCUT2D eigenvalue weighted by Gasteiger charge is -2.60. The van der Waals surface area contributed by atoms with Crippen LogP contribution in [0, 0.1) is 30.0 Å². The molecule has 2 bridgehead atoms. The smallest absolute Gasteiger partial charge is 0.575 e. The molecule has 4 fully saturated rings. The lowest BCUT2D eigenvalue weighted by molar-refractivity contribution is -0.149. The molecule has 5 nitrogen and oxygen atoms in total. The summed E-state index contributed by atoms with van der Waals surface area (Å²) in [6.07, 6.45) is 5.45. The minimum Gasteiger partial charge on any atom is -0.612 e. The van der Waals surface area contributed by atoms with E-state index >= 15 is 0 Å². The van der Waals surface area contributed by atoms with Crippen molar-refractivity contribution in [2.24, 2.45) is 23.2 Å². The Bertz CT molecular complexity index is 784. The lowest BCUT2D eigenvalue weighted by Crippen LogP contribution is -2.56. The monoisotopic (exact) mass is 395 g/mol. The molecule has 6 heteroatoms. The topological polar surface area (TPSA) is 55.8 Å². The first-order valence-electron chi connectivity index (χ1n) is 10.7. The van der Waals surface area contributed by atoms with E-state index in [1.54, 1.807) is 12.1 Å². The van der Waals surface area contributed by atoms with E-state index in [0.29, 0.717) is 17.3 Å². The van der Waals surface area contributed by atoms with Crippen molar-refractivity contribution in [2.75, 3.05) is 19.6 Å². The predicted molar refractivity (Wildman–Crippen MR) is 113 cm³/mol. The number of hydrogen-bond acceptors (Lipinski definition) is 5. The van der Waals surface area contributed by atoms with Crippen LogP contribution in [-0.2, 0) is 18.9 Å². The second-order valence-electron chi connectivity index (χ2n) is 9.55. The Morgan fingerprint density at radius 1 is 1.14 bits per heavy atom. The summed E-state index contributed by atoms with van der Waals surface area (Å²) in [5.74, 6) is 2.81. The van der Waals surface area contributed by atoms with Gasteiger partial charge in [-0.1, -0.05) is 50.3 Å². The highest BCUT2D eigenvalue weighted by Crippen LogP contribution is 2.61. The first kappa shape index (κ1) is 20.1. The van der Waals surface area contributed by atoms with Gasteiger partial charge in [-0.2, -0.15) is 0 Å². The summed E-state index contributed by atoms with van der Waals surface area (Å²) in [7, 11) is 0. The lowest BCUT2D eigenvalue weighted by atomic mass is 9.45. The summed E-state index contributed by atoms with van der Waals surface area (Å²) >= 11 is 0. The molecule has 3 aliphatic carbocycles. The number of carbonyl (C=O) groups excluding carboxylic acids is 2. The molecule has 3 atom stereocenters. The molecule has 0 amide bonds. The Morgan fingerprint density at radius 2 is 1.79 bits per heavy atom. The predicted octanol–water partition coefficient (Wildman–Crippen LogP) is 3.53. The summed E-state index contributed by atoms with van der Waals surface area (Å²) in [5.41, 5.74) is 1.30. The normalized spacial score (nSPS) is 31.3. The van der Waals surface area contributed by atoms with Crippen LogP contribution in [0.4, 0.5) is 0 Å². The zero-order chi connectivity index (χ0) is 20.6. The summed E-state index contributed by atoms with van der Waals surface area (Å²) < 4.78 is 11.0. The second kappa shape index (κ2) is 7.56. The SMILES string of the molecule is [CH2+][B-]1(/C=C/c2ccccc2)OC(=O)CN(CC2CCC3C[C@H]2C3(C)C)CC(=O)O1. The van der Waals surface area contributed by atoms with Crippen LogP contribution in [0.15, 0.2) is 36.3 Å². The average Bonchev–Trinajstić information content (AvgIpc) is 2.66. The molecule has 1 aliphatic heterocycles. The Labute approximate surface area is 173 Å². The van der Waals surface area contributed by atoms with E-state index in [-0.39, 0.29) is 13.1 Å². The third-order valence-electron chi connectivity index (χ3n) is 7.24. The van der Waals surface area contributed by atoms with E-state index in [1.165, 1.54) is 19.3 Å². The van der Waals surface area contributed by atoms with E-state index in [0.717, 1.165) is 18.0 Å². The van der Waals surface area contributed by atoms with Gasteiger partial charge in [0.2, 0.25) is 0 Å². The number of fused-ring (bicyclic) bond motifs is 2. The van der Waals surface area contributed by atoms with Crippen LogP contribution in [0.25, 0.3) is 6.08 Å². The number of benzene rings is 1. The van der Waals surface area contributed by atoms with Crippen molar-refractivity contribution in [3.63, 3.8) is 0 Å². The van der Waals surface area contributed by atoms with Crippen molar-refractivity contribution >= 4 is 24.6 Å². The van der Waals surface area contributed by atoms with Crippen LogP contribution in [-0.4, -0.2) is 43.0 Å². The molecule has 1 saturated heterocycles. The van der Waals surface area contributed by atoms with E-state index < -0.39 is 18.5 Å². The first-order chi connectivity index (χ1) is 13.7. The second-order valence-corrected chi connectivity index (χ2v) is 9.55. The Morgan fingerprint density at radius 3 is 2.38 bits per heavy atom. The van der Waals surface area contributed by atoms with Gasteiger partial charge in [0.1, 0.15) is 0 Å². The Kier molecular flexibility index (Phi) is 5.24. The molecule has 0 N–H and O–H groups in total. The number of nitrogens with zero attached hydrogens (tertiary/aromatic N) is 1. The van der Waals surface area contributed by atoms with E-state index in [2.05, 4.69) is 20.7 Å². The summed E-state index contributed by atoms with van der Waals surface area (Å²) in [6.45, 7) is 7.15. The summed E-state index contributed by atoms with van der Waals surface area (Å²) in [4.78, 5) is 26.9. The van der Waals surface area contributed by atoms with Gasteiger partial charge in [-0.15, -0.1) is 5.98 Å². The van der Waals surface area contributed by atoms with E-state index in [1.807, 2.05) is 35.2 Å². The molecule has 4 aliphatic rings. The van der Waals surface area contributed by atoms with Crippen molar-refractivity contribution in [1.29, 1.82) is 0 Å². The molecular weight excluding hydrogens is 365 g/mol. The molecule has 29 heavy (non-hydrogen) atoms. The molecule has 1 heterocycles. The number of rotatable bonds is 4. The Hall–Kier alpha value is -2.21. The van der Waals surface area contributed by atoms with Gasteiger partial charge in [-0.05, 0) is 54.8 Å². The fourth-order valence-electron chi connectivity index (χ4n) is 5.51. The van der Waals surface area contributed by atoms with Crippen LogP contribution in [0.2, 0.25) is 0 Å². The summed E-state index contributed by atoms with van der Waals surface area (Å²) in [6, 6.07) is 9.58. The fourth-order valence-corrected chi connectivity index (χ4v) is 5.51. The van der Waals surface area contributed by atoms with Crippen molar-refractivity contribution in [3.8, 4) is 0 Å². The van der Waals surface area contributed by atoms with Crippen LogP contribution in [0.3, 0.4) is 0 Å². The maximum Gasteiger partial charge on any atom is 0.575 e. The number of carbonyl (C=O) groups is 2. The maximum atomic E-state index is 12.5. The molecule has 5 rings (SSSR count).